The van der Waals surface area contributed by atoms with E-state index in [1.807, 2.05) is 31.3 Å². The second-order valence-corrected chi connectivity index (χ2v) is 7.25. The minimum absolute atomic E-state index is 0.293. The van der Waals surface area contributed by atoms with Gasteiger partial charge in [-0.15, -0.1) is 10.2 Å². The summed E-state index contributed by atoms with van der Waals surface area (Å²) in [6.45, 7) is 4.24. The third kappa shape index (κ3) is 3.12. The van der Waals surface area contributed by atoms with E-state index >= 15 is 0 Å². The van der Waals surface area contributed by atoms with Crippen LogP contribution < -0.4 is 5.73 Å². The van der Waals surface area contributed by atoms with Crippen molar-refractivity contribution in [2.24, 2.45) is 10.2 Å². The van der Waals surface area contributed by atoms with Crippen LogP contribution in [0.15, 0.2) is 45.9 Å². The van der Waals surface area contributed by atoms with Crippen LogP contribution in [0.4, 0.5) is 11.4 Å². The molecule has 1 aromatic rings. The quantitative estimate of drug-likeness (QED) is 0.375. The number of nitrogens with zero attached hydrogens (tertiary/aromatic N) is 4. The van der Waals surface area contributed by atoms with E-state index in [9.17, 15) is 0 Å². The zero-order valence-electron chi connectivity index (χ0n) is 11.6. The molecule has 2 rings (SSSR count). The summed E-state index contributed by atoms with van der Waals surface area (Å²) < 4.78 is 3.33. The Labute approximate surface area is 123 Å². The number of rotatable bonds is 2. The Balaban J connectivity index is 2.20. The van der Waals surface area contributed by atoms with Gasteiger partial charge in [0.2, 0.25) is 3.76 Å². The van der Waals surface area contributed by atoms with Gasteiger partial charge in [0.1, 0.15) is 0 Å². The fraction of sp³-hybridized carbons (Fsp3) is 0.308. The Morgan fingerprint density at radius 1 is 1.00 bits per heavy atom. The van der Waals surface area contributed by atoms with E-state index in [1.165, 1.54) is 11.4 Å². The zero-order chi connectivity index (χ0) is 14.0. The van der Waals surface area contributed by atoms with Gasteiger partial charge in [0.05, 0.1) is 26.7 Å². The molecule has 0 saturated heterocycles. The second-order valence-electron chi connectivity index (χ2n) is 4.35. The molecule has 0 bridgehead atoms. The van der Waals surface area contributed by atoms with E-state index < -0.39 is 0 Å². The molecular weight excluding hydrogens is 353 g/mol. The van der Waals surface area contributed by atoms with Crippen LogP contribution in [0.5, 0.6) is 0 Å². The van der Waals surface area contributed by atoms with Crippen LogP contribution in [0.25, 0.3) is 0 Å². The Kier molecular flexibility index (Phi) is 4.18. The Morgan fingerprint density at radius 3 is 2.26 bits per heavy atom. The number of halogens is 1. The number of hydrogen-bond donors (Lipinski definition) is 1. The molecule has 0 radical (unpaired) electrons. The van der Waals surface area contributed by atoms with Gasteiger partial charge in [-0.2, -0.15) is 0 Å². The lowest BCUT2D eigenvalue weighted by atomic mass is 10.3. The van der Waals surface area contributed by atoms with Gasteiger partial charge in [-0.3, -0.25) is 0 Å². The summed E-state index contributed by atoms with van der Waals surface area (Å²) in [5.41, 5.74) is 9.74. The fourth-order valence-corrected chi connectivity index (χ4v) is 3.81. The Bertz CT molecular complexity index is 559. The van der Waals surface area contributed by atoms with E-state index in [0.29, 0.717) is 0 Å². The average molecular weight is 371 g/mol. The van der Waals surface area contributed by atoms with E-state index in [1.54, 1.807) is 0 Å². The molecule has 0 aliphatic carbocycles. The Morgan fingerprint density at radius 2 is 1.63 bits per heavy atom. The summed E-state index contributed by atoms with van der Waals surface area (Å²) in [6.07, 6.45) is 0. The molecule has 0 atom stereocenters. The smallest absolute Gasteiger partial charge is 0.204 e. The molecule has 1 aliphatic heterocycles. The number of benzene rings is 1. The molecule has 0 fully saturated rings. The van der Waals surface area contributed by atoms with E-state index in [0.717, 1.165) is 15.1 Å². The van der Waals surface area contributed by atoms with Crippen molar-refractivity contribution in [2.75, 3.05) is 19.8 Å². The van der Waals surface area contributed by atoms with Gasteiger partial charge < -0.3 is 13.7 Å². The molecule has 0 unspecified atom stereocenters. The number of allylic oxidation sites excluding steroid dienone is 2. The summed E-state index contributed by atoms with van der Waals surface area (Å²) in [4.78, 5) is 2.13. The fourth-order valence-electron chi connectivity index (χ4n) is 1.56. The van der Waals surface area contributed by atoms with Crippen molar-refractivity contribution in [3.63, 3.8) is 0 Å². The molecular formula is C13H18IN5. The van der Waals surface area contributed by atoms with Crippen LogP contribution >= 0.6 is 21.0 Å². The van der Waals surface area contributed by atoms with Crippen molar-refractivity contribution in [3.8, 4) is 0 Å². The maximum absolute atomic E-state index is 5.65. The lowest BCUT2D eigenvalue weighted by molar-refractivity contribution is 0.580. The summed E-state index contributed by atoms with van der Waals surface area (Å²) in [7, 11) is 4.15. The first kappa shape index (κ1) is 14.0. The lowest BCUT2D eigenvalue weighted by Crippen LogP contribution is -2.29. The molecule has 1 aromatic carbocycles. The van der Waals surface area contributed by atoms with Crippen LogP contribution in [0.2, 0.25) is 0 Å². The number of anilines is 1. The highest BCUT2D eigenvalue weighted by molar-refractivity contribution is 14.2. The van der Waals surface area contributed by atoms with Gasteiger partial charge in [-0.1, -0.05) is 0 Å². The molecule has 6 heteroatoms. The monoisotopic (exact) mass is 371 g/mol. The van der Waals surface area contributed by atoms with Crippen molar-refractivity contribution in [3.05, 3.63) is 35.7 Å². The Hall–Kier alpha value is -1.44. The average Bonchev–Trinajstić information content (AvgIpc) is 2.41. The molecule has 5 nitrogen and oxygen atoms in total. The molecule has 0 saturated carbocycles. The van der Waals surface area contributed by atoms with E-state index in [2.05, 4.69) is 39.1 Å². The number of nitrogen functional groups attached to an aromatic ring is 1. The van der Waals surface area contributed by atoms with E-state index in [4.69, 9.17) is 5.73 Å². The first-order chi connectivity index (χ1) is 8.99. The van der Waals surface area contributed by atoms with Crippen molar-refractivity contribution in [1.29, 1.82) is 0 Å². The van der Waals surface area contributed by atoms with Crippen LogP contribution in [0, 0.1) is 0 Å². The van der Waals surface area contributed by atoms with Gasteiger partial charge in [0.15, 0.2) is 0 Å². The van der Waals surface area contributed by atoms with Crippen LogP contribution in [-0.2, 0) is 0 Å². The standard InChI is InChI=1S/C13H18IN5/c1-9-10(2)19(4)14-13(18(9)3)17-16-12-7-5-11(15)6-8-12/h5-8H,15H2,1-4H3. The normalized spacial score (nSPS) is 16.7. The molecule has 1 aliphatic rings. The molecule has 0 aromatic heterocycles. The molecule has 1 heterocycles. The zero-order valence-corrected chi connectivity index (χ0v) is 13.7. The molecule has 2 N–H and O–H groups in total. The van der Waals surface area contributed by atoms with Crippen LogP contribution in [0.3, 0.4) is 0 Å². The van der Waals surface area contributed by atoms with Gasteiger partial charge in [-0.25, -0.2) is 0 Å². The second kappa shape index (κ2) is 5.68. The van der Waals surface area contributed by atoms with Crippen molar-refractivity contribution >= 4 is 36.1 Å². The predicted molar refractivity (Wildman–Crippen MR) is 88.3 cm³/mol. The lowest BCUT2D eigenvalue weighted by Gasteiger charge is -2.30. The maximum Gasteiger partial charge on any atom is 0.204 e. The molecule has 102 valence electrons. The van der Waals surface area contributed by atoms with Crippen molar-refractivity contribution < 1.29 is 0 Å². The summed E-state index contributed by atoms with van der Waals surface area (Å²) >= 11 is -0.293. The van der Waals surface area contributed by atoms with Crippen LogP contribution in [-0.4, -0.2) is 25.9 Å². The van der Waals surface area contributed by atoms with Gasteiger partial charge in [0.25, 0.3) is 0 Å². The summed E-state index contributed by atoms with van der Waals surface area (Å²) in [5.74, 6) is 0. The van der Waals surface area contributed by atoms with Crippen molar-refractivity contribution in [1.82, 2.24) is 8.01 Å². The number of nitrogens with two attached hydrogens (primary N) is 1. The van der Waals surface area contributed by atoms with Crippen molar-refractivity contribution in [2.45, 2.75) is 13.8 Å². The summed E-state index contributed by atoms with van der Waals surface area (Å²) in [5, 5.41) is 8.68. The third-order valence-electron chi connectivity index (χ3n) is 3.11. The molecule has 19 heavy (non-hydrogen) atoms. The van der Waals surface area contributed by atoms with Gasteiger partial charge in [-0.05, 0) is 38.1 Å². The largest absolute Gasteiger partial charge is 0.399 e. The predicted octanol–water partition coefficient (Wildman–Crippen LogP) is 3.45. The highest BCUT2D eigenvalue weighted by Gasteiger charge is 2.17. The first-order valence-electron chi connectivity index (χ1n) is 5.93. The minimum Gasteiger partial charge on any atom is -0.399 e. The van der Waals surface area contributed by atoms with Gasteiger partial charge in [0, 0.05) is 31.2 Å². The van der Waals surface area contributed by atoms with E-state index in [-0.39, 0.29) is 21.0 Å². The minimum atomic E-state index is -0.293. The number of azo groups is 1. The first-order valence-corrected chi connectivity index (χ1v) is 7.97. The topological polar surface area (TPSA) is 57.2 Å². The number of hydrogen-bond acceptors (Lipinski definition) is 5. The summed E-state index contributed by atoms with van der Waals surface area (Å²) in [6, 6.07) is 7.41. The van der Waals surface area contributed by atoms with Gasteiger partial charge >= 0.3 is 0 Å². The highest BCUT2D eigenvalue weighted by atomic mass is 127. The maximum atomic E-state index is 5.65. The molecule has 0 amide bonds. The molecule has 0 spiro atoms. The highest BCUT2D eigenvalue weighted by Crippen LogP contribution is 2.28. The van der Waals surface area contributed by atoms with Crippen LogP contribution in [0.1, 0.15) is 13.8 Å². The SMILES string of the molecule is CC1=C(C)N(C)C(N=Nc2ccc(N)cc2)=IN1C. The third-order valence-corrected chi connectivity index (χ3v) is 5.93.